The zero-order chi connectivity index (χ0) is 20.8. The topological polar surface area (TPSA) is 43.9 Å². The fourth-order valence-electron chi connectivity index (χ4n) is 7.74. The third-order valence-electron chi connectivity index (χ3n) is 8.68. The molecule has 168 valence electrons. The highest BCUT2D eigenvalue weighted by atomic mass is 79.9. The fraction of sp³-hybridized carbons (Fsp3) is 0.917. The number of alkyl halides is 1. The summed E-state index contributed by atoms with van der Waals surface area (Å²) in [6, 6.07) is 0. The minimum Gasteiger partial charge on any atom is -0.342 e. The monoisotopic (exact) mass is 479 g/mol. The van der Waals surface area contributed by atoms with Gasteiger partial charge in [0.05, 0.1) is 6.54 Å². The van der Waals surface area contributed by atoms with Crippen LogP contribution in [0.15, 0.2) is 0 Å². The number of rotatable bonds is 4. The van der Waals surface area contributed by atoms with E-state index in [1.165, 1.54) is 51.4 Å². The molecule has 0 N–H and O–H groups in total. The van der Waals surface area contributed by atoms with Gasteiger partial charge in [0.15, 0.2) is 0 Å². The first-order valence-electron chi connectivity index (χ1n) is 12.4. The Bertz CT molecular complexity index is 653. The van der Waals surface area contributed by atoms with Gasteiger partial charge in [-0.15, -0.1) is 0 Å². The number of carbonyl (C=O) groups is 2. The summed E-state index contributed by atoms with van der Waals surface area (Å²) in [5.74, 6) is 2.32. The normalized spacial score (nSPS) is 39.2. The van der Waals surface area contributed by atoms with Crippen molar-refractivity contribution in [3.63, 3.8) is 0 Å². The molecule has 30 heavy (non-hydrogen) atoms. The average Bonchev–Trinajstić information content (AvgIpc) is 2.96. The second-order valence-corrected chi connectivity index (χ2v) is 12.9. The molecule has 0 radical (unpaired) electrons. The number of nitrogens with zero attached hydrogens (tertiary/aromatic N) is 3. The van der Waals surface area contributed by atoms with E-state index < -0.39 is 0 Å². The predicted octanol–water partition coefficient (Wildman–Crippen LogP) is 3.66. The van der Waals surface area contributed by atoms with E-state index in [1.807, 2.05) is 0 Å². The number of piperazine rings is 1. The van der Waals surface area contributed by atoms with Crippen LogP contribution in [0.1, 0.15) is 70.6 Å². The molecule has 2 unspecified atom stereocenters. The molecule has 2 heterocycles. The molecule has 6 heteroatoms. The lowest BCUT2D eigenvalue weighted by molar-refractivity contribution is -0.140. The lowest BCUT2D eigenvalue weighted by atomic mass is 9.48. The SMILES string of the molecule is O=C(CN1CCN(C(=O)CC23CC4CC(CC(Br)(C4)C2)C3)CC1)N1CCCCCC1. The maximum atomic E-state index is 13.2. The van der Waals surface area contributed by atoms with E-state index in [-0.39, 0.29) is 11.3 Å². The molecule has 6 aliphatic rings. The Labute approximate surface area is 190 Å². The third kappa shape index (κ3) is 4.46. The Hall–Kier alpha value is -0.620. The molecular weight excluding hydrogens is 442 g/mol. The van der Waals surface area contributed by atoms with Gasteiger partial charge in [0.1, 0.15) is 0 Å². The van der Waals surface area contributed by atoms with E-state index in [9.17, 15) is 9.59 Å². The zero-order valence-corrected chi connectivity index (χ0v) is 20.0. The quantitative estimate of drug-likeness (QED) is 0.577. The molecule has 2 atom stereocenters. The van der Waals surface area contributed by atoms with Crippen molar-refractivity contribution in [2.45, 2.75) is 75.0 Å². The van der Waals surface area contributed by atoms with Crippen molar-refractivity contribution in [3.8, 4) is 0 Å². The predicted molar refractivity (Wildman–Crippen MR) is 121 cm³/mol. The number of hydrogen-bond acceptors (Lipinski definition) is 3. The molecule has 0 spiro atoms. The van der Waals surface area contributed by atoms with Gasteiger partial charge in [-0.05, 0) is 68.6 Å². The summed E-state index contributed by atoms with van der Waals surface area (Å²) in [6.07, 6.45) is 13.3. The Kier molecular flexibility index (Phi) is 5.93. The van der Waals surface area contributed by atoms with E-state index in [2.05, 4.69) is 30.6 Å². The Morgan fingerprint density at radius 1 is 0.767 bits per heavy atom. The van der Waals surface area contributed by atoms with Crippen molar-refractivity contribution < 1.29 is 9.59 Å². The fourth-order valence-corrected chi connectivity index (χ4v) is 9.25. The van der Waals surface area contributed by atoms with E-state index in [1.54, 1.807) is 0 Å². The van der Waals surface area contributed by atoms with Crippen molar-refractivity contribution >= 4 is 27.7 Å². The van der Waals surface area contributed by atoms with Crippen molar-refractivity contribution in [2.24, 2.45) is 17.3 Å². The lowest BCUT2D eigenvalue weighted by Gasteiger charge is -2.60. The molecule has 6 fully saturated rings. The summed E-state index contributed by atoms with van der Waals surface area (Å²) >= 11 is 4.08. The standard InChI is InChI=1S/C24H38BrN3O2/c25-24-14-19-11-20(15-24)13-23(12-19,18-24)16-21(29)28-9-7-26(8-10-28)17-22(30)27-5-3-1-2-4-6-27/h19-20H,1-18H2. The minimum absolute atomic E-state index is 0.255. The Morgan fingerprint density at radius 2 is 1.37 bits per heavy atom. The number of hydrogen-bond donors (Lipinski definition) is 0. The molecule has 6 rings (SSSR count). The molecule has 0 aromatic rings. The van der Waals surface area contributed by atoms with Gasteiger partial charge in [-0.2, -0.15) is 0 Å². The van der Waals surface area contributed by atoms with E-state index in [0.29, 0.717) is 16.8 Å². The van der Waals surface area contributed by atoms with Gasteiger partial charge in [0, 0.05) is 50.0 Å². The number of halogens is 1. The van der Waals surface area contributed by atoms with Crippen LogP contribution in [-0.2, 0) is 9.59 Å². The molecule has 4 saturated carbocycles. The first-order valence-corrected chi connectivity index (χ1v) is 13.2. The van der Waals surface area contributed by atoms with E-state index >= 15 is 0 Å². The van der Waals surface area contributed by atoms with Crippen molar-refractivity contribution in [2.75, 3.05) is 45.8 Å². The van der Waals surface area contributed by atoms with Crippen LogP contribution in [0.4, 0.5) is 0 Å². The van der Waals surface area contributed by atoms with Gasteiger partial charge >= 0.3 is 0 Å². The highest BCUT2D eigenvalue weighted by molar-refractivity contribution is 9.10. The maximum absolute atomic E-state index is 13.2. The van der Waals surface area contributed by atoms with Crippen molar-refractivity contribution in [1.82, 2.24) is 14.7 Å². The van der Waals surface area contributed by atoms with E-state index in [0.717, 1.165) is 70.4 Å². The number of carbonyl (C=O) groups excluding carboxylic acids is 2. The van der Waals surface area contributed by atoms with Crippen LogP contribution in [0, 0.1) is 17.3 Å². The molecule has 2 amide bonds. The highest BCUT2D eigenvalue weighted by Gasteiger charge is 2.57. The zero-order valence-electron chi connectivity index (χ0n) is 18.4. The van der Waals surface area contributed by atoms with Crippen LogP contribution in [0.2, 0.25) is 0 Å². The van der Waals surface area contributed by atoms with E-state index in [4.69, 9.17) is 0 Å². The summed E-state index contributed by atoms with van der Waals surface area (Å²) in [5, 5.41) is 0. The van der Waals surface area contributed by atoms with Crippen molar-refractivity contribution in [3.05, 3.63) is 0 Å². The van der Waals surface area contributed by atoms with Gasteiger partial charge in [0.2, 0.25) is 11.8 Å². The van der Waals surface area contributed by atoms with Crippen LogP contribution >= 0.6 is 15.9 Å². The van der Waals surface area contributed by atoms with Gasteiger partial charge in [-0.1, -0.05) is 28.8 Å². The highest BCUT2D eigenvalue weighted by Crippen LogP contribution is 2.65. The molecule has 5 nitrogen and oxygen atoms in total. The molecule has 4 bridgehead atoms. The second-order valence-electron chi connectivity index (χ2n) is 11.2. The van der Waals surface area contributed by atoms with Gasteiger partial charge in [-0.3, -0.25) is 14.5 Å². The van der Waals surface area contributed by atoms with Gasteiger partial charge < -0.3 is 9.80 Å². The second kappa shape index (κ2) is 8.38. The number of amides is 2. The van der Waals surface area contributed by atoms with Crippen LogP contribution in [-0.4, -0.2) is 76.7 Å². The molecule has 0 aromatic carbocycles. The summed E-state index contributed by atoms with van der Waals surface area (Å²) in [6.45, 7) is 5.63. The summed E-state index contributed by atoms with van der Waals surface area (Å²) in [5.41, 5.74) is 0.255. The molecule has 2 aliphatic heterocycles. The van der Waals surface area contributed by atoms with Crippen LogP contribution in [0.5, 0.6) is 0 Å². The Morgan fingerprint density at radius 3 is 1.97 bits per heavy atom. The smallest absolute Gasteiger partial charge is 0.236 e. The van der Waals surface area contributed by atoms with Crippen molar-refractivity contribution in [1.29, 1.82) is 0 Å². The van der Waals surface area contributed by atoms with Gasteiger partial charge in [-0.25, -0.2) is 0 Å². The summed E-state index contributed by atoms with van der Waals surface area (Å²) in [7, 11) is 0. The Balaban J connectivity index is 1.11. The first kappa shape index (κ1) is 21.2. The number of likely N-dealkylation sites (tertiary alicyclic amines) is 1. The summed E-state index contributed by atoms with van der Waals surface area (Å²) in [4.78, 5) is 32.3. The maximum Gasteiger partial charge on any atom is 0.236 e. The minimum atomic E-state index is 0.255. The molecular formula is C24H38BrN3O2. The van der Waals surface area contributed by atoms with Crippen LogP contribution in [0.3, 0.4) is 0 Å². The van der Waals surface area contributed by atoms with Crippen LogP contribution in [0.25, 0.3) is 0 Å². The molecule has 4 aliphatic carbocycles. The lowest BCUT2D eigenvalue weighted by Crippen LogP contribution is -2.56. The summed E-state index contributed by atoms with van der Waals surface area (Å²) < 4.78 is 0.323. The molecule has 0 aromatic heterocycles. The third-order valence-corrected chi connectivity index (χ3v) is 9.61. The first-order chi connectivity index (χ1) is 14.4. The van der Waals surface area contributed by atoms with Gasteiger partial charge in [0.25, 0.3) is 0 Å². The van der Waals surface area contributed by atoms with Crippen LogP contribution < -0.4 is 0 Å². The average molecular weight is 480 g/mol. The largest absolute Gasteiger partial charge is 0.342 e. The molecule has 2 saturated heterocycles.